The lowest BCUT2D eigenvalue weighted by atomic mass is 10.3. The van der Waals surface area contributed by atoms with Crippen molar-refractivity contribution in [2.45, 2.75) is 19.4 Å². The van der Waals surface area contributed by atoms with Crippen LogP contribution in [0.4, 0.5) is 0 Å². The molecule has 0 bridgehead atoms. The SMILES string of the molecule is COC(=O)C(C)NCCCN1CCOCC1. The van der Waals surface area contributed by atoms with Gasteiger partial charge in [-0.05, 0) is 26.4 Å². The van der Waals surface area contributed by atoms with E-state index in [1.807, 2.05) is 6.92 Å². The highest BCUT2D eigenvalue weighted by Crippen LogP contribution is 1.97. The second-order valence-corrected chi connectivity index (χ2v) is 4.01. The molecule has 94 valence electrons. The molecule has 5 nitrogen and oxygen atoms in total. The summed E-state index contributed by atoms with van der Waals surface area (Å²) in [6.45, 7) is 7.44. The van der Waals surface area contributed by atoms with E-state index in [1.165, 1.54) is 7.11 Å². The summed E-state index contributed by atoms with van der Waals surface area (Å²) >= 11 is 0. The van der Waals surface area contributed by atoms with Crippen LogP contribution in [0.5, 0.6) is 0 Å². The van der Waals surface area contributed by atoms with Crippen molar-refractivity contribution in [1.29, 1.82) is 0 Å². The smallest absolute Gasteiger partial charge is 0.322 e. The van der Waals surface area contributed by atoms with Crippen LogP contribution in [0.15, 0.2) is 0 Å². The lowest BCUT2D eigenvalue weighted by Crippen LogP contribution is -2.39. The number of esters is 1. The predicted octanol–water partition coefficient (Wildman–Crippen LogP) is -0.140. The first-order valence-electron chi connectivity index (χ1n) is 5.85. The summed E-state index contributed by atoms with van der Waals surface area (Å²) < 4.78 is 9.90. The second kappa shape index (κ2) is 7.60. The number of nitrogens with zero attached hydrogens (tertiary/aromatic N) is 1. The van der Waals surface area contributed by atoms with Crippen LogP contribution in [0.3, 0.4) is 0 Å². The topological polar surface area (TPSA) is 50.8 Å². The van der Waals surface area contributed by atoms with Gasteiger partial charge in [-0.15, -0.1) is 0 Å². The van der Waals surface area contributed by atoms with Gasteiger partial charge in [0, 0.05) is 13.1 Å². The number of rotatable bonds is 6. The van der Waals surface area contributed by atoms with Crippen molar-refractivity contribution in [2.24, 2.45) is 0 Å². The Labute approximate surface area is 97.1 Å². The van der Waals surface area contributed by atoms with Gasteiger partial charge in [-0.1, -0.05) is 0 Å². The molecule has 0 aromatic rings. The van der Waals surface area contributed by atoms with E-state index in [0.29, 0.717) is 0 Å². The van der Waals surface area contributed by atoms with Crippen molar-refractivity contribution in [3.05, 3.63) is 0 Å². The van der Waals surface area contributed by atoms with Gasteiger partial charge in [0.25, 0.3) is 0 Å². The van der Waals surface area contributed by atoms with E-state index >= 15 is 0 Å². The van der Waals surface area contributed by atoms with Crippen molar-refractivity contribution >= 4 is 5.97 Å². The number of ether oxygens (including phenoxy) is 2. The van der Waals surface area contributed by atoms with E-state index in [0.717, 1.165) is 45.8 Å². The van der Waals surface area contributed by atoms with E-state index in [-0.39, 0.29) is 12.0 Å². The Morgan fingerprint density at radius 3 is 2.81 bits per heavy atom. The molecular weight excluding hydrogens is 208 g/mol. The average Bonchev–Trinajstić information content (AvgIpc) is 2.34. The van der Waals surface area contributed by atoms with Gasteiger partial charge in [0.2, 0.25) is 0 Å². The Bertz CT molecular complexity index is 205. The summed E-state index contributed by atoms with van der Waals surface area (Å²) in [5.74, 6) is -0.202. The van der Waals surface area contributed by atoms with Crippen LogP contribution in [0, 0.1) is 0 Å². The summed E-state index contributed by atoms with van der Waals surface area (Å²) in [7, 11) is 1.41. The molecule has 0 aliphatic carbocycles. The maximum Gasteiger partial charge on any atom is 0.322 e. The predicted molar refractivity (Wildman–Crippen MR) is 61.4 cm³/mol. The van der Waals surface area contributed by atoms with Gasteiger partial charge in [0.15, 0.2) is 0 Å². The van der Waals surface area contributed by atoms with Crippen LogP contribution in [0.1, 0.15) is 13.3 Å². The van der Waals surface area contributed by atoms with Gasteiger partial charge in [-0.3, -0.25) is 9.69 Å². The Balaban J connectivity index is 2.00. The number of nitrogens with one attached hydrogen (secondary N) is 1. The molecule has 1 aliphatic heterocycles. The number of hydrogen-bond acceptors (Lipinski definition) is 5. The van der Waals surface area contributed by atoms with E-state index in [1.54, 1.807) is 0 Å². The van der Waals surface area contributed by atoms with Gasteiger partial charge in [0.1, 0.15) is 6.04 Å². The fourth-order valence-electron chi connectivity index (χ4n) is 1.71. The fourth-order valence-corrected chi connectivity index (χ4v) is 1.71. The number of hydrogen-bond donors (Lipinski definition) is 1. The Kier molecular flexibility index (Phi) is 6.37. The Hall–Kier alpha value is -0.650. The highest BCUT2D eigenvalue weighted by Gasteiger charge is 2.12. The van der Waals surface area contributed by atoms with Crippen LogP contribution < -0.4 is 5.32 Å². The van der Waals surface area contributed by atoms with Crippen LogP contribution >= 0.6 is 0 Å². The van der Waals surface area contributed by atoms with Crippen molar-refractivity contribution in [2.75, 3.05) is 46.5 Å². The molecule has 1 N–H and O–H groups in total. The third kappa shape index (κ3) is 4.92. The van der Waals surface area contributed by atoms with E-state index in [9.17, 15) is 4.79 Å². The molecule has 0 spiro atoms. The molecule has 5 heteroatoms. The zero-order valence-electron chi connectivity index (χ0n) is 10.2. The molecule has 0 aromatic carbocycles. The third-order valence-corrected chi connectivity index (χ3v) is 2.76. The minimum Gasteiger partial charge on any atom is -0.468 e. The molecule has 0 amide bonds. The van der Waals surface area contributed by atoms with Crippen molar-refractivity contribution in [3.63, 3.8) is 0 Å². The molecule has 1 heterocycles. The number of carbonyl (C=O) groups is 1. The van der Waals surface area contributed by atoms with Crippen LogP contribution in [-0.4, -0.2) is 63.4 Å². The number of methoxy groups -OCH3 is 1. The minimum atomic E-state index is -0.213. The van der Waals surface area contributed by atoms with Gasteiger partial charge in [-0.2, -0.15) is 0 Å². The molecule has 0 aromatic heterocycles. The maximum atomic E-state index is 11.1. The molecular formula is C11H22N2O3. The Morgan fingerprint density at radius 2 is 2.19 bits per heavy atom. The quantitative estimate of drug-likeness (QED) is 0.508. The molecule has 1 fully saturated rings. The first-order chi connectivity index (χ1) is 7.74. The van der Waals surface area contributed by atoms with E-state index in [4.69, 9.17) is 4.74 Å². The lowest BCUT2D eigenvalue weighted by Gasteiger charge is -2.26. The highest BCUT2D eigenvalue weighted by atomic mass is 16.5. The van der Waals surface area contributed by atoms with Crippen LogP contribution in [-0.2, 0) is 14.3 Å². The highest BCUT2D eigenvalue weighted by molar-refractivity contribution is 5.74. The molecule has 1 saturated heterocycles. The third-order valence-electron chi connectivity index (χ3n) is 2.76. The van der Waals surface area contributed by atoms with Gasteiger partial charge < -0.3 is 14.8 Å². The first kappa shape index (κ1) is 13.4. The van der Waals surface area contributed by atoms with E-state index in [2.05, 4.69) is 15.0 Å². The minimum absolute atomic E-state index is 0.202. The number of morpholine rings is 1. The zero-order valence-corrected chi connectivity index (χ0v) is 10.2. The molecule has 1 aliphatic rings. The molecule has 1 rings (SSSR count). The van der Waals surface area contributed by atoms with Gasteiger partial charge in [-0.25, -0.2) is 0 Å². The summed E-state index contributed by atoms with van der Waals surface area (Å²) in [4.78, 5) is 13.5. The molecule has 16 heavy (non-hydrogen) atoms. The standard InChI is InChI=1S/C11H22N2O3/c1-10(11(14)15-2)12-4-3-5-13-6-8-16-9-7-13/h10,12H,3-9H2,1-2H3. The molecule has 1 unspecified atom stereocenters. The zero-order chi connectivity index (χ0) is 11.8. The summed E-state index contributed by atoms with van der Waals surface area (Å²) in [6.07, 6.45) is 1.04. The summed E-state index contributed by atoms with van der Waals surface area (Å²) in [6, 6.07) is -0.213. The van der Waals surface area contributed by atoms with Crippen LogP contribution in [0.2, 0.25) is 0 Å². The normalized spacial score (nSPS) is 19.4. The molecule has 1 atom stereocenters. The average molecular weight is 230 g/mol. The molecule has 0 radical (unpaired) electrons. The number of carbonyl (C=O) groups excluding carboxylic acids is 1. The van der Waals surface area contributed by atoms with Gasteiger partial charge >= 0.3 is 5.97 Å². The van der Waals surface area contributed by atoms with Crippen molar-refractivity contribution in [3.8, 4) is 0 Å². The van der Waals surface area contributed by atoms with Crippen molar-refractivity contribution in [1.82, 2.24) is 10.2 Å². The molecule has 0 saturated carbocycles. The second-order valence-electron chi connectivity index (χ2n) is 4.01. The monoisotopic (exact) mass is 230 g/mol. The fraction of sp³-hybridized carbons (Fsp3) is 0.909. The van der Waals surface area contributed by atoms with Crippen molar-refractivity contribution < 1.29 is 14.3 Å². The van der Waals surface area contributed by atoms with Gasteiger partial charge in [0.05, 0.1) is 20.3 Å². The van der Waals surface area contributed by atoms with E-state index < -0.39 is 0 Å². The summed E-state index contributed by atoms with van der Waals surface area (Å²) in [5, 5.41) is 3.14. The lowest BCUT2D eigenvalue weighted by molar-refractivity contribution is -0.142. The maximum absolute atomic E-state index is 11.1. The Morgan fingerprint density at radius 1 is 1.50 bits per heavy atom. The summed E-state index contributed by atoms with van der Waals surface area (Å²) in [5.41, 5.74) is 0. The largest absolute Gasteiger partial charge is 0.468 e. The first-order valence-corrected chi connectivity index (χ1v) is 5.85. The van der Waals surface area contributed by atoms with Crippen LogP contribution in [0.25, 0.3) is 0 Å².